The van der Waals surface area contributed by atoms with Crippen LogP contribution in [-0.4, -0.2) is 4.98 Å². The van der Waals surface area contributed by atoms with Gasteiger partial charge in [-0.25, -0.2) is 4.98 Å². The van der Waals surface area contributed by atoms with Gasteiger partial charge in [0, 0.05) is 11.6 Å². The van der Waals surface area contributed by atoms with Crippen LogP contribution in [0.3, 0.4) is 0 Å². The molecule has 0 fully saturated rings. The molecular weight excluding hydrogens is 226 g/mol. The number of aryl methyl sites for hydroxylation is 2. The zero-order valence-electron chi connectivity index (χ0n) is 7.63. The number of benzene rings is 1. The third kappa shape index (κ3) is 1.46. The van der Waals surface area contributed by atoms with Crippen LogP contribution in [0.4, 0.5) is 0 Å². The molecule has 0 spiro atoms. The minimum absolute atomic E-state index is 0.933. The van der Waals surface area contributed by atoms with Crippen molar-refractivity contribution in [3.8, 4) is 0 Å². The van der Waals surface area contributed by atoms with Crippen molar-refractivity contribution in [2.45, 2.75) is 13.8 Å². The molecule has 1 nitrogen and oxygen atoms in total. The third-order valence-electron chi connectivity index (χ3n) is 2.16. The van der Waals surface area contributed by atoms with Crippen molar-refractivity contribution < 1.29 is 0 Å². The lowest BCUT2D eigenvalue weighted by Crippen LogP contribution is -1.85. The van der Waals surface area contributed by atoms with Crippen molar-refractivity contribution in [2.24, 2.45) is 0 Å². The monoisotopic (exact) mass is 235 g/mol. The van der Waals surface area contributed by atoms with Gasteiger partial charge < -0.3 is 0 Å². The highest BCUT2D eigenvalue weighted by Gasteiger charge is 2.02. The summed E-state index contributed by atoms with van der Waals surface area (Å²) in [7, 11) is 0. The molecule has 0 aliphatic carbocycles. The highest BCUT2D eigenvalue weighted by atomic mass is 79.9. The van der Waals surface area contributed by atoms with E-state index in [2.05, 4.69) is 46.9 Å². The first-order chi connectivity index (χ1) is 6.18. The molecular formula is C11H10BrN. The summed E-state index contributed by atoms with van der Waals surface area (Å²) in [6.07, 6.45) is 1.82. The lowest BCUT2D eigenvalue weighted by molar-refractivity contribution is 1.29. The van der Waals surface area contributed by atoms with Crippen LogP contribution < -0.4 is 0 Å². The van der Waals surface area contributed by atoms with Gasteiger partial charge in [0.05, 0.1) is 0 Å². The summed E-state index contributed by atoms with van der Waals surface area (Å²) < 4.78 is 0.933. The van der Waals surface area contributed by atoms with Gasteiger partial charge in [-0.3, -0.25) is 0 Å². The van der Waals surface area contributed by atoms with Crippen LogP contribution in [-0.2, 0) is 0 Å². The van der Waals surface area contributed by atoms with E-state index in [1.807, 2.05) is 12.3 Å². The molecule has 0 aliphatic heterocycles. The van der Waals surface area contributed by atoms with Crippen molar-refractivity contribution in [1.29, 1.82) is 0 Å². The van der Waals surface area contributed by atoms with Crippen molar-refractivity contribution in [2.75, 3.05) is 0 Å². The second-order valence-electron chi connectivity index (χ2n) is 3.28. The smallest absolute Gasteiger partial charge is 0.114 e. The molecule has 0 unspecified atom stereocenters. The Kier molecular flexibility index (Phi) is 2.08. The fourth-order valence-corrected chi connectivity index (χ4v) is 2.32. The van der Waals surface area contributed by atoms with E-state index in [1.165, 1.54) is 21.9 Å². The summed E-state index contributed by atoms with van der Waals surface area (Å²) in [5.74, 6) is 0. The number of halogens is 1. The predicted molar refractivity (Wildman–Crippen MR) is 58.9 cm³/mol. The van der Waals surface area contributed by atoms with Crippen LogP contribution in [0.5, 0.6) is 0 Å². The first-order valence-corrected chi connectivity index (χ1v) is 4.99. The zero-order chi connectivity index (χ0) is 9.42. The number of aromatic nitrogens is 1. The van der Waals surface area contributed by atoms with Gasteiger partial charge in [0.2, 0.25) is 0 Å². The summed E-state index contributed by atoms with van der Waals surface area (Å²) in [4.78, 5) is 4.21. The van der Waals surface area contributed by atoms with Gasteiger partial charge in [0.25, 0.3) is 0 Å². The zero-order valence-corrected chi connectivity index (χ0v) is 9.22. The average Bonchev–Trinajstić information content (AvgIpc) is 2.02. The summed E-state index contributed by atoms with van der Waals surface area (Å²) in [6, 6.07) is 6.39. The molecule has 0 N–H and O–H groups in total. The number of pyridine rings is 1. The highest BCUT2D eigenvalue weighted by Crippen LogP contribution is 2.25. The highest BCUT2D eigenvalue weighted by molar-refractivity contribution is 9.10. The van der Waals surface area contributed by atoms with Crippen molar-refractivity contribution in [3.63, 3.8) is 0 Å². The van der Waals surface area contributed by atoms with Gasteiger partial charge >= 0.3 is 0 Å². The SMILES string of the molecule is Cc1cc(C)c2c(Br)nccc2c1. The minimum Gasteiger partial charge on any atom is -0.249 e. The molecule has 66 valence electrons. The van der Waals surface area contributed by atoms with Gasteiger partial charge in [-0.15, -0.1) is 0 Å². The Balaban J connectivity index is 2.94. The van der Waals surface area contributed by atoms with Gasteiger partial charge in [-0.05, 0) is 46.8 Å². The molecule has 1 aromatic heterocycles. The summed E-state index contributed by atoms with van der Waals surface area (Å²) in [5, 5.41) is 2.47. The van der Waals surface area contributed by atoms with Crippen LogP contribution >= 0.6 is 15.9 Å². The summed E-state index contributed by atoms with van der Waals surface area (Å²) >= 11 is 3.46. The molecule has 0 radical (unpaired) electrons. The number of fused-ring (bicyclic) bond motifs is 1. The number of hydrogen-bond acceptors (Lipinski definition) is 1. The normalized spacial score (nSPS) is 10.7. The first kappa shape index (κ1) is 8.70. The van der Waals surface area contributed by atoms with E-state index in [0.717, 1.165) is 4.60 Å². The number of rotatable bonds is 0. The third-order valence-corrected chi connectivity index (χ3v) is 2.76. The molecule has 0 amide bonds. The van der Waals surface area contributed by atoms with E-state index in [4.69, 9.17) is 0 Å². The van der Waals surface area contributed by atoms with Crippen molar-refractivity contribution in [3.05, 3.63) is 40.1 Å². The fourth-order valence-electron chi connectivity index (χ4n) is 1.66. The van der Waals surface area contributed by atoms with Crippen molar-refractivity contribution in [1.82, 2.24) is 4.98 Å². The van der Waals surface area contributed by atoms with E-state index in [0.29, 0.717) is 0 Å². The summed E-state index contributed by atoms with van der Waals surface area (Å²) in [6.45, 7) is 4.22. The maximum absolute atomic E-state index is 4.21. The quantitative estimate of drug-likeness (QED) is 0.636. The van der Waals surface area contributed by atoms with E-state index < -0.39 is 0 Å². The van der Waals surface area contributed by atoms with Gasteiger partial charge in [-0.2, -0.15) is 0 Å². The predicted octanol–water partition coefficient (Wildman–Crippen LogP) is 3.61. The minimum atomic E-state index is 0.933. The Morgan fingerprint density at radius 1 is 1.23 bits per heavy atom. The number of nitrogens with zero attached hydrogens (tertiary/aromatic N) is 1. The molecule has 1 aromatic carbocycles. The van der Waals surface area contributed by atoms with Gasteiger partial charge in [0.15, 0.2) is 0 Å². The summed E-state index contributed by atoms with van der Waals surface area (Å²) in [5.41, 5.74) is 2.57. The van der Waals surface area contributed by atoms with E-state index >= 15 is 0 Å². The number of hydrogen-bond donors (Lipinski definition) is 0. The largest absolute Gasteiger partial charge is 0.249 e. The molecule has 13 heavy (non-hydrogen) atoms. The Morgan fingerprint density at radius 3 is 2.77 bits per heavy atom. The second-order valence-corrected chi connectivity index (χ2v) is 4.03. The van der Waals surface area contributed by atoms with Crippen LogP contribution in [0.1, 0.15) is 11.1 Å². The Hall–Kier alpha value is -0.890. The molecule has 0 saturated carbocycles. The second kappa shape index (κ2) is 3.11. The van der Waals surface area contributed by atoms with Crippen LogP contribution in [0, 0.1) is 13.8 Å². The lowest BCUT2D eigenvalue weighted by atomic mass is 10.0. The van der Waals surface area contributed by atoms with Gasteiger partial charge in [0.1, 0.15) is 4.60 Å². The molecule has 0 bridgehead atoms. The fraction of sp³-hybridized carbons (Fsp3) is 0.182. The average molecular weight is 236 g/mol. The van der Waals surface area contributed by atoms with Gasteiger partial charge in [-0.1, -0.05) is 17.7 Å². The lowest BCUT2D eigenvalue weighted by Gasteiger charge is -2.04. The van der Waals surface area contributed by atoms with Crippen LogP contribution in [0.15, 0.2) is 29.0 Å². The Bertz CT molecular complexity index is 463. The van der Waals surface area contributed by atoms with Crippen LogP contribution in [0.2, 0.25) is 0 Å². The molecule has 0 aliphatic rings. The van der Waals surface area contributed by atoms with E-state index in [1.54, 1.807) is 0 Å². The maximum Gasteiger partial charge on any atom is 0.114 e. The molecule has 2 heteroatoms. The Morgan fingerprint density at radius 2 is 2.00 bits per heavy atom. The Labute approximate surface area is 85.9 Å². The first-order valence-electron chi connectivity index (χ1n) is 4.20. The molecule has 0 saturated heterocycles. The molecule has 1 heterocycles. The van der Waals surface area contributed by atoms with Crippen LogP contribution in [0.25, 0.3) is 10.8 Å². The standard InChI is InChI=1S/C11H10BrN/c1-7-5-8(2)10-9(6-7)3-4-13-11(10)12/h3-6H,1-2H3. The molecule has 2 rings (SSSR count). The van der Waals surface area contributed by atoms with E-state index in [-0.39, 0.29) is 0 Å². The maximum atomic E-state index is 4.21. The van der Waals surface area contributed by atoms with E-state index in [9.17, 15) is 0 Å². The van der Waals surface area contributed by atoms with Crippen molar-refractivity contribution >= 4 is 26.7 Å². The molecule has 0 atom stereocenters. The topological polar surface area (TPSA) is 12.9 Å². The molecule has 2 aromatic rings.